The molecule has 3 aromatic rings. The molecule has 6 nitrogen and oxygen atoms in total. The van der Waals surface area contributed by atoms with E-state index in [1.807, 2.05) is 12.1 Å². The van der Waals surface area contributed by atoms with Gasteiger partial charge >= 0.3 is 0 Å². The molecule has 1 saturated heterocycles. The minimum Gasteiger partial charge on any atom is -0.378 e. The smallest absolute Gasteiger partial charge is 0.231 e. The van der Waals surface area contributed by atoms with E-state index in [4.69, 9.17) is 9.26 Å². The van der Waals surface area contributed by atoms with E-state index >= 15 is 0 Å². The summed E-state index contributed by atoms with van der Waals surface area (Å²) in [6.07, 6.45) is 2.42. The van der Waals surface area contributed by atoms with E-state index in [9.17, 15) is 0 Å². The molecule has 1 aliphatic rings. The predicted octanol–water partition coefficient (Wildman–Crippen LogP) is 2.87. The molecule has 25 heavy (non-hydrogen) atoms. The fourth-order valence-corrected chi connectivity index (χ4v) is 2.85. The average molecular weight is 336 g/mol. The van der Waals surface area contributed by atoms with Crippen LogP contribution in [-0.4, -0.2) is 41.4 Å². The van der Waals surface area contributed by atoms with Gasteiger partial charge in [0.15, 0.2) is 0 Å². The molecule has 0 N–H and O–H groups in total. The topological polar surface area (TPSA) is 64.3 Å². The number of benzene rings is 1. The van der Waals surface area contributed by atoms with E-state index in [0.29, 0.717) is 18.1 Å². The van der Waals surface area contributed by atoms with Gasteiger partial charge in [0.1, 0.15) is 5.82 Å². The zero-order chi connectivity index (χ0) is 17.1. The Labute approximate surface area is 146 Å². The summed E-state index contributed by atoms with van der Waals surface area (Å²) >= 11 is 0. The summed E-state index contributed by atoms with van der Waals surface area (Å²) in [7, 11) is 0. The summed E-state index contributed by atoms with van der Waals surface area (Å²) in [4.78, 5) is 11.2. The van der Waals surface area contributed by atoms with Gasteiger partial charge in [0.2, 0.25) is 11.7 Å². The molecule has 1 fully saturated rings. The molecule has 6 heteroatoms. The molecule has 4 rings (SSSR count). The van der Waals surface area contributed by atoms with Crippen LogP contribution in [-0.2, 0) is 11.2 Å². The molecule has 1 aliphatic heterocycles. The van der Waals surface area contributed by atoms with Crippen molar-refractivity contribution in [2.75, 3.05) is 31.2 Å². The quantitative estimate of drug-likeness (QED) is 0.730. The number of aromatic nitrogens is 3. The lowest BCUT2D eigenvalue weighted by molar-refractivity contribution is 0.122. The molecule has 0 aliphatic carbocycles. The summed E-state index contributed by atoms with van der Waals surface area (Å²) < 4.78 is 10.8. The number of rotatable bonds is 4. The number of aryl methyl sites for hydroxylation is 1. The lowest BCUT2D eigenvalue weighted by atomic mass is 10.1. The van der Waals surface area contributed by atoms with Gasteiger partial charge in [0.05, 0.1) is 19.6 Å². The number of hydrogen-bond acceptors (Lipinski definition) is 6. The van der Waals surface area contributed by atoms with Gasteiger partial charge in [-0.25, -0.2) is 4.98 Å². The van der Waals surface area contributed by atoms with Crippen LogP contribution in [0.3, 0.4) is 0 Å². The number of nitrogens with zero attached hydrogens (tertiary/aromatic N) is 4. The summed E-state index contributed by atoms with van der Waals surface area (Å²) in [5.41, 5.74) is 3.31. The lowest BCUT2D eigenvalue weighted by Gasteiger charge is -2.27. The number of morpholine rings is 1. The van der Waals surface area contributed by atoms with Gasteiger partial charge < -0.3 is 14.2 Å². The van der Waals surface area contributed by atoms with Crippen LogP contribution in [0, 0.1) is 6.92 Å². The molecule has 128 valence electrons. The van der Waals surface area contributed by atoms with Crippen molar-refractivity contribution in [3.63, 3.8) is 0 Å². The number of anilines is 1. The second-order valence-electron chi connectivity index (χ2n) is 6.18. The van der Waals surface area contributed by atoms with Gasteiger partial charge in [0, 0.05) is 24.8 Å². The second-order valence-corrected chi connectivity index (χ2v) is 6.18. The molecule has 0 saturated carbocycles. The molecule has 0 atom stereocenters. The second kappa shape index (κ2) is 7.03. The SMILES string of the molecule is Cc1ccc(Cc2nc(-c3ccnc(N4CCOCC4)c3)no2)cc1. The zero-order valence-corrected chi connectivity index (χ0v) is 14.2. The summed E-state index contributed by atoms with van der Waals surface area (Å²) in [6, 6.07) is 12.3. The third kappa shape index (κ3) is 3.69. The first-order chi connectivity index (χ1) is 12.3. The van der Waals surface area contributed by atoms with Crippen LogP contribution in [0.25, 0.3) is 11.4 Å². The first kappa shape index (κ1) is 15.8. The molecule has 0 amide bonds. The maximum Gasteiger partial charge on any atom is 0.231 e. The Balaban J connectivity index is 1.52. The fourth-order valence-electron chi connectivity index (χ4n) is 2.85. The molecule has 0 unspecified atom stereocenters. The van der Waals surface area contributed by atoms with E-state index in [0.717, 1.165) is 43.2 Å². The highest BCUT2D eigenvalue weighted by Gasteiger charge is 2.15. The minimum atomic E-state index is 0.596. The molecule has 3 heterocycles. The molecule has 0 radical (unpaired) electrons. The largest absolute Gasteiger partial charge is 0.378 e. The molecular weight excluding hydrogens is 316 g/mol. The van der Waals surface area contributed by atoms with Crippen LogP contribution >= 0.6 is 0 Å². The van der Waals surface area contributed by atoms with Crippen molar-refractivity contribution >= 4 is 5.82 Å². The minimum absolute atomic E-state index is 0.596. The normalized spacial score (nSPS) is 14.7. The maximum atomic E-state index is 5.42. The van der Waals surface area contributed by atoms with Gasteiger partial charge in [-0.1, -0.05) is 35.0 Å². The maximum absolute atomic E-state index is 5.42. The van der Waals surface area contributed by atoms with Crippen molar-refractivity contribution in [3.8, 4) is 11.4 Å². The Bertz CT molecular complexity index is 839. The summed E-state index contributed by atoms with van der Waals surface area (Å²) in [5, 5.41) is 4.13. The van der Waals surface area contributed by atoms with E-state index in [-0.39, 0.29) is 0 Å². The Kier molecular flexibility index (Phi) is 4.43. The Morgan fingerprint density at radius 1 is 1.08 bits per heavy atom. The van der Waals surface area contributed by atoms with E-state index in [2.05, 4.69) is 51.2 Å². The summed E-state index contributed by atoms with van der Waals surface area (Å²) in [6.45, 7) is 5.23. The van der Waals surface area contributed by atoms with E-state index < -0.39 is 0 Å². The monoisotopic (exact) mass is 336 g/mol. The number of ether oxygens (including phenoxy) is 1. The standard InChI is InChI=1S/C19H20N4O2/c1-14-2-4-15(5-3-14)12-18-21-19(22-25-18)16-6-7-20-17(13-16)23-8-10-24-11-9-23/h2-7,13H,8-12H2,1H3. The Morgan fingerprint density at radius 3 is 2.68 bits per heavy atom. The third-order valence-electron chi connectivity index (χ3n) is 4.28. The molecular formula is C19H20N4O2. The lowest BCUT2D eigenvalue weighted by Crippen LogP contribution is -2.36. The van der Waals surface area contributed by atoms with Crippen molar-refractivity contribution in [1.82, 2.24) is 15.1 Å². The average Bonchev–Trinajstić information content (AvgIpc) is 3.13. The molecule has 0 spiro atoms. The van der Waals surface area contributed by atoms with Crippen LogP contribution < -0.4 is 4.90 Å². The highest BCUT2D eigenvalue weighted by Crippen LogP contribution is 2.22. The first-order valence-electron chi connectivity index (χ1n) is 8.45. The van der Waals surface area contributed by atoms with Gasteiger partial charge in [-0.15, -0.1) is 0 Å². The van der Waals surface area contributed by atoms with Gasteiger partial charge in [-0.05, 0) is 24.6 Å². The van der Waals surface area contributed by atoms with Crippen LogP contribution in [0.2, 0.25) is 0 Å². The Morgan fingerprint density at radius 2 is 1.88 bits per heavy atom. The van der Waals surface area contributed by atoms with Crippen molar-refractivity contribution < 1.29 is 9.26 Å². The highest BCUT2D eigenvalue weighted by molar-refractivity contribution is 5.59. The van der Waals surface area contributed by atoms with Crippen molar-refractivity contribution in [2.45, 2.75) is 13.3 Å². The predicted molar refractivity (Wildman–Crippen MR) is 94.5 cm³/mol. The van der Waals surface area contributed by atoms with Crippen molar-refractivity contribution in [3.05, 3.63) is 59.6 Å². The molecule has 1 aromatic carbocycles. The van der Waals surface area contributed by atoms with Crippen molar-refractivity contribution in [1.29, 1.82) is 0 Å². The van der Waals surface area contributed by atoms with Crippen molar-refractivity contribution in [2.24, 2.45) is 0 Å². The third-order valence-corrected chi connectivity index (χ3v) is 4.28. The van der Waals surface area contributed by atoms with Gasteiger partial charge in [-0.3, -0.25) is 0 Å². The first-order valence-corrected chi connectivity index (χ1v) is 8.45. The van der Waals surface area contributed by atoms with Crippen LogP contribution in [0.1, 0.15) is 17.0 Å². The fraction of sp³-hybridized carbons (Fsp3) is 0.316. The Hall–Kier alpha value is -2.73. The van der Waals surface area contributed by atoms with Crippen LogP contribution in [0.4, 0.5) is 5.82 Å². The summed E-state index contributed by atoms with van der Waals surface area (Å²) in [5.74, 6) is 2.13. The van der Waals surface area contributed by atoms with Crippen LogP contribution in [0.15, 0.2) is 47.1 Å². The molecule has 2 aromatic heterocycles. The molecule has 0 bridgehead atoms. The van der Waals surface area contributed by atoms with E-state index in [1.54, 1.807) is 6.20 Å². The zero-order valence-electron chi connectivity index (χ0n) is 14.2. The number of hydrogen-bond donors (Lipinski definition) is 0. The van der Waals surface area contributed by atoms with Crippen LogP contribution in [0.5, 0.6) is 0 Å². The van der Waals surface area contributed by atoms with Gasteiger partial charge in [0.25, 0.3) is 0 Å². The number of pyridine rings is 1. The highest BCUT2D eigenvalue weighted by atomic mass is 16.5. The van der Waals surface area contributed by atoms with Gasteiger partial charge in [-0.2, -0.15) is 4.98 Å². The van der Waals surface area contributed by atoms with E-state index in [1.165, 1.54) is 5.56 Å².